The fraction of sp³-hybridized carbons (Fsp3) is 0.593. The molecule has 6 rings (SSSR count). The van der Waals surface area contributed by atoms with Gasteiger partial charge in [0.15, 0.2) is 12.1 Å². The zero-order valence-corrected chi connectivity index (χ0v) is 21.0. The topological polar surface area (TPSA) is 85.1 Å². The summed E-state index contributed by atoms with van der Waals surface area (Å²) in [6.07, 6.45) is 1.25. The predicted molar refractivity (Wildman–Crippen MR) is 127 cm³/mol. The first-order chi connectivity index (χ1) is 18.2. The average Bonchev–Trinajstić information content (AvgIpc) is 3.54. The summed E-state index contributed by atoms with van der Waals surface area (Å²) in [6.45, 7) is 1.71. The van der Waals surface area contributed by atoms with Gasteiger partial charge in [0.1, 0.15) is 11.4 Å². The molecule has 204 valence electrons. The summed E-state index contributed by atoms with van der Waals surface area (Å²) >= 11 is 0. The van der Waals surface area contributed by atoms with Crippen LogP contribution in [0.3, 0.4) is 0 Å². The second-order valence-corrected chi connectivity index (χ2v) is 10.9. The van der Waals surface area contributed by atoms with E-state index in [4.69, 9.17) is 13.9 Å². The van der Waals surface area contributed by atoms with Gasteiger partial charge in [-0.2, -0.15) is 13.2 Å². The lowest BCUT2D eigenvalue weighted by molar-refractivity contribution is -0.163. The van der Waals surface area contributed by atoms with Gasteiger partial charge in [0, 0.05) is 44.6 Å². The third-order valence-electron chi connectivity index (χ3n) is 8.64. The van der Waals surface area contributed by atoms with Crippen LogP contribution in [0.2, 0.25) is 0 Å². The highest BCUT2D eigenvalue weighted by atomic mass is 19.4. The minimum atomic E-state index is -4.82. The molecule has 0 N–H and O–H groups in total. The summed E-state index contributed by atoms with van der Waals surface area (Å²) < 4.78 is 57.8. The van der Waals surface area contributed by atoms with Crippen LogP contribution in [0, 0.1) is 5.41 Å². The first-order valence-electron chi connectivity index (χ1n) is 13.2. The van der Waals surface area contributed by atoms with Crippen molar-refractivity contribution in [1.82, 2.24) is 14.8 Å². The molecule has 0 radical (unpaired) electrons. The molecular weight excluding hydrogens is 503 g/mol. The van der Waals surface area contributed by atoms with Gasteiger partial charge in [-0.05, 0) is 31.7 Å². The highest BCUT2D eigenvalue weighted by molar-refractivity contribution is 5.92. The number of hydrogen-bond acceptors (Lipinski definition) is 6. The molecule has 1 atom stereocenters. The molecule has 2 saturated heterocycles. The molecule has 0 bridgehead atoms. The number of halogens is 3. The fourth-order valence-electron chi connectivity index (χ4n) is 6.43. The van der Waals surface area contributed by atoms with Crippen LogP contribution in [0.1, 0.15) is 66.8 Å². The van der Waals surface area contributed by atoms with E-state index >= 15 is 0 Å². The van der Waals surface area contributed by atoms with E-state index in [1.165, 1.54) is 4.90 Å². The fourth-order valence-corrected chi connectivity index (χ4v) is 6.43. The number of piperidine rings is 1. The molecule has 1 unspecified atom stereocenters. The Morgan fingerprint density at radius 3 is 2.45 bits per heavy atom. The van der Waals surface area contributed by atoms with Crippen molar-refractivity contribution in [1.29, 1.82) is 0 Å². The summed E-state index contributed by atoms with van der Waals surface area (Å²) in [5.74, 6) is -1.00. The molecule has 4 heterocycles. The number of fused-ring (bicyclic) bond motifs is 1. The number of oxazole rings is 1. The standard InChI is InChI=1S/C27H30F3N3O5/c28-27(29,30)22-21(37-17-31-22)23(34)33-15-18-5-1-2-6-19(18)38-25(16-33)10-12-32(13-11-25)24(35)26(8-4-9-26)20-7-3-14-36-20/h1-2,5-6,17,20H,3-4,7-16H2. The van der Waals surface area contributed by atoms with E-state index in [-0.39, 0.29) is 25.1 Å². The lowest BCUT2D eigenvalue weighted by Gasteiger charge is -2.49. The molecule has 8 nitrogen and oxygen atoms in total. The van der Waals surface area contributed by atoms with Gasteiger partial charge in [-0.15, -0.1) is 0 Å². The number of nitrogens with zero attached hydrogens (tertiary/aromatic N) is 3. The van der Waals surface area contributed by atoms with Crippen LogP contribution in [0.5, 0.6) is 5.75 Å². The predicted octanol–water partition coefficient (Wildman–Crippen LogP) is 4.44. The average molecular weight is 534 g/mol. The number of amides is 2. The number of rotatable bonds is 3. The zero-order valence-electron chi connectivity index (χ0n) is 21.0. The van der Waals surface area contributed by atoms with Crippen LogP contribution < -0.4 is 4.74 Å². The second-order valence-electron chi connectivity index (χ2n) is 10.9. The molecular formula is C27H30F3N3O5. The first kappa shape index (κ1) is 25.2. The Morgan fingerprint density at radius 1 is 1.03 bits per heavy atom. The third kappa shape index (κ3) is 4.24. The Labute approximate surface area is 218 Å². The van der Waals surface area contributed by atoms with Crippen molar-refractivity contribution in [3.8, 4) is 5.75 Å². The summed E-state index contributed by atoms with van der Waals surface area (Å²) in [6, 6.07) is 7.21. The molecule has 1 aromatic heterocycles. The van der Waals surface area contributed by atoms with Gasteiger partial charge < -0.3 is 23.7 Å². The maximum atomic E-state index is 13.7. The Bertz CT molecular complexity index is 1210. The van der Waals surface area contributed by atoms with Crippen LogP contribution in [-0.4, -0.2) is 64.5 Å². The maximum Gasteiger partial charge on any atom is 0.437 e. The summed E-state index contributed by atoms with van der Waals surface area (Å²) in [4.78, 5) is 33.6. The van der Waals surface area contributed by atoms with Crippen molar-refractivity contribution in [3.05, 3.63) is 47.7 Å². The van der Waals surface area contributed by atoms with Crippen molar-refractivity contribution >= 4 is 11.8 Å². The van der Waals surface area contributed by atoms with E-state index in [1.54, 1.807) is 18.2 Å². The van der Waals surface area contributed by atoms with Crippen LogP contribution in [0.4, 0.5) is 13.2 Å². The molecule has 2 aromatic rings. The van der Waals surface area contributed by atoms with Crippen LogP contribution in [-0.2, 0) is 22.3 Å². The van der Waals surface area contributed by atoms with Gasteiger partial charge in [0.05, 0.1) is 18.1 Å². The number of para-hydroxylation sites is 1. The van der Waals surface area contributed by atoms with Crippen LogP contribution >= 0.6 is 0 Å². The molecule has 11 heteroatoms. The van der Waals surface area contributed by atoms with E-state index in [0.29, 0.717) is 50.2 Å². The van der Waals surface area contributed by atoms with Gasteiger partial charge in [-0.25, -0.2) is 4.98 Å². The van der Waals surface area contributed by atoms with E-state index in [2.05, 4.69) is 4.98 Å². The number of hydrogen-bond donors (Lipinski definition) is 0. The van der Waals surface area contributed by atoms with Gasteiger partial charge >= 0.3 is 6.18 Å². The molecule has 2 amide bonds. The first-order valence-corrected chi connectivity index (χ1v) is 13.2. The van der Waals surface area contributed by atoms with Gasteiger partial charge in [0.25, 0.3) is 5.91 Å². The summed E-state index contributed by atoms with van der Waals surface area (Å²) in [5.41, 5.74) is -1.94. The Morgan fingerprint density at radius 2 is 1.79 bits per heavy atom. The molecule has 3 fully saturated rings. The largest absolute Gasteiger partial charge is 0.485 e. The number of carbonyl (C=O) groups excluding carboxylic acids is 2. The molecule has 1 saturated carbocycles. The van der Waals surface area contributed by atoms with Crippen molar-refractivity contribution in [2.24, 2.45) is 5.41 Å². The van der Waals surface area contributed by atoms with Gasteiger partial charge in [0.2, 0.25) is 11.7 Å². The summed E-state index contributed by atoms with van der Waals surface area (Å²) in [5, 5.41) is 0. The minimum Gasteiger partial charge on any atom is -0.485 e. The lowest BCUT2D eigenvalue weighted by Crippen LogP contribution is -2.60. The third-order valence-corrected chi connectivity index (χ3v) is 8.64. The molecule has 38 heavy (non-hydrogen) atoms. The Kier molecular flexibility index (Phi) is 6.16. The number of carbonyl (C=O) groups is 2. The van der Waals surface area contributed by atoms with E-state index in [0.717, 1.165) is 32.1 Å². The van der Waals surface area contributed by atoms with Crippen LogP contribution in [0.25, 0.3) is 0 Å². The molecule has 4 aliphatic rings. The number of ether oxygens (including phenoxy) is 2. The molecule has 1 aliphatic carbocycles. The van der Waals surface area contributed by atoms with Crippen molar-refractivity contribution in [3.63, 3.8) is 0 Å². The maximum absolute atomic E-state index is 13.7. The van der Waals surface area contributed by atoms with Crippen LogP contribution in [0.15, 0.2) is 35.1 Å². The zero-order chi connectivity index (χ0) is 26.5. The minimum absolute atomic E-state index is 0.0292. The number of alkyl halides is 3. The highest BCUT2D eigenvalue weighted by Crippen LogP contribution is 2.50. The Hall–Kier alpha value is -3.08. The van der Waals surface area contributed by atoms with Crippen molar-refractivity contribution < 1.29 is 36.7 Å². The van der Waals surface area contributed by atoms with Crippen molar-refractivity contribution in [2.75, 3.05) is 26.2 Å². The number of likely N-dealkylation sites (tertiary alicyclic amines) is 1. The number of benzene rings is 1. The normalized spacial score (nSPS) is 24.3. The number of aromatic nitrogens is 1. The van der Waals surface area contributed by atoms with E-state index in [9.17, 15) is 22.8 Å². The molecule has 3 aliphatic heterocycles. The Balaban J connectivity index is 1.24. The molecule has 1 aromatic carbocycles. The lowest BCUT2D eigenvalue weighted by atomic mass is 9.63. The second kappa shape index (κ2) is 9.29. The SMILES string of the molecule is O=C(c1ocnc1C(F)(F)F)N1Cc2ccccc2OC2(CCN(C(=O)C3(C4CCCO4)CCC3)CC2)C1. The summed E-state index contributed by atoms with van der Waals surface area (Å²) in [7, 11) is 0. The van der Waals surface area contributed by atoms with Gasteiger partial charge in [-0.1, -0.05) is 24.6 Å². The van der Waals surface area contributed by atoms with Gasteiger partial charge in [-0.3, -0.25) is 9.59 Å². The highest BCUT2D eigenvalue weighted by Gasteiger charge is 2.55. The van der Waals surface area contributed by atoms with Crippen molar-refractivity contribution in [2.45, 2.75) is 69.4 Å². The van der Waals surface area contributed by atoms with E-state index in [1.807, 2.05) is 11.0 Å². The molecule has 1 spiro atoms. The quantitative estimate of drug-likeness (QED) is 0.580. The smallest absolute Gasteiger partial charge is 0.437 e. The van der Waals surface area contributed by atoms with E-state index < -0.39 is 34.6 Å². The monoisotopic (exact) mass is 533 g/mol.